The number of rotatable bonds is 10. The van der Waals surface area contributed by atoms with Gasteiger partial charge in [0.1, 0.15) is 17.5 Å². The molecule has 1 unspecified atom stereocenters. The molecule has 1 atom stereocenters. The van der Waals surface area contributed by atoms with Crippen LogP contribution in [0.25, 0.3) is 32.8 Å². The summed E-state index contributed by atoms with van der Waals surface area (Å²) in [6.07, 6.45) is 3.94. The van der Waals surface area contributed by atoms with Crippen molar-refractivity contribution in [1.82, 2.24) is 19.2 Å². The Morgan fingerprint density at radius 1 is 0.959 bits per heavy atom. The number of hydrogen-bond acceptors (Lipinski definition) is 7. The maximum absolute atomic E-state index is 13.8. The predicted molar refractivity (Wildman–Crippen MR) is 192 cm³/mol. The van der Waals surface area contributed by atoms with E-state index in [0.29, 0.717) is 38.5 Å². The lowest BCUT2D eigenvalue weighted by Crippen LogP contribution is -2.37. The molecule has 0 saturated carbocycles. The van der Waals surface area contributed by atoms with Crippen molar-refractivity contribution >= 4 is 27.6 Å². The summed E-state index contributed by atoms with van der Waals surface area (Å²) in [4.78, 5) is 16.3. The Morgan fingerprint density at radius 3 is 2.61 bits per heavy atom. The molecule has 1 saturated heterocycles. The SMILES string of the molecule is CCOC(=O)c1c(CCCOc2cccc3ccccc23)c2cccc3c2n1CCCCOC(CCN1CCOCC1)c1nn(C)c(C)c1-3. The molecule has 9 nitrogen and oxygen atoms in total. The van der Waals surface area contributed by atoms with E-state index in [4.69, 9.17) is 24.0 Å². The Hall–Kier alpha value is -4.18. The van der Waals surface area contributed by atoms with Crippen LogP contribution in [0.2, 0.25) is 0 Å². The van der Waals surface area contributed by atoms with Gasteiger partial charge in [0.25, 0.3) is 0 Å². The molecule has 2 aliphatic heterocycles. The van der Waals surface area contributed by atoms with Gasteiger partial charge < -0.3 is 23.5 Å². The van der Waals surface area contributed by atoms with Crippen molar-refractivity contribution in [3.8, 4) is 16.9 Å². The highest BCUT2D eigenvalue weighted by atomic mass is 16.5. The molecule has 4 heterocycles. The summed E-state index contributed by atoms with van der Waals surface area (Å²) in [5, 5.41) is 8.45. The van der Waals surface area contributed by atoms with E-state index in [2.05, 4.69) is 52.8 Å². The number of aromatic nitrogens is 3. The van der Waals surface area contributed by atoms with E-state index < -0.39 is 0 Å². The second kappa shape index (κ2) is 15.2. The minimum atomic E-state index is -0.271. The van der Waals surface area contributed by atoms with E-state index in [1.54, 1.807) is 0 Å². The van der Waals surface area contributed by atoms with Gasteiger partial charge in [0.2, 0.25) is 0 Å². The number of carbonyl (C=O) groups is 1. The number of esters is 1. The summed E-state index contributed by atoms with van der Waals surface area (Å²) >= 11 is 0. The highest BCUT2D eigenvalue weighted by Crippen LogP contribution is 2.41. The van der Waals surface area contributed by atoms with Gasteiger partial charge in [-0.15, -0.1) is 0 Å². The fourth-order valence-corrected chi connectivity index (χ4v) is 7.56. The number of carbonyl (C=O) groups excluding carboxylic acids is 1. The molecule has 0 N–H and O–H groups in total. The molecule has 0 aliphatic carbocycles. The van der Waals surface area contributed by atoms with Crippen LogP contribution in [0.4, 0.5) is 0 Å². The van der Waals surface area contributed by atoms with E-state index in [-0.39, 0.29) is 12.1 Å². The summed E-state index contributed by atoms with van der Waals surface area (Å²) < 4.78 is 28.5. The lowest BCUT2D eigenvalue weighted by Gasteiger charge is -2.28. The van der Waals surface area contributed by atoms with Gasteiger partial charge in [-0.05, 0) is 63.0 Å². The smallest absolute Gasteiger partial charge is 0.355 e. The number of hydrogen-bond donors (Lipinski definition) is 0. The topological polar surface area (TPSA) is 80.0 Å². The molecule has 0 bridgehead atoms. The predicted octanol–water partition coefficient (Wildman–Crippen LogP) is 7.27. The average molecular weight is 665 g/mol. The third kappa shape index (κ3) is 6.84. The molecule has 49 heavy (non-hydrogen) atoms. The monoisotopic (exact) mass is 664 g/mol. The summed E-state index contributed by atoms with van der Waals surface area (Å²) in [5.74, 6) is 0.611. The molecular formula is C40H48N4O5. The first kappa shape index (κ1) is 33.3. The first-order valence-corrected chi connectivity index (χ1v) is 17.9. The van der Waals surface area contributed by atoms with E-state index in [1.807, 2.05) is 42.9 Å². The molecule has 2 aromatic heterocycles. The van der Waals surface area contributed by atoms with Gasteiger partial charge >= 0.3 is 5.97 Å². The number of ether oxygens (including phenoxy) is 4. The number of para-hydroxylation sites is 1. The number of nitrogens with zero attached hydrogens (tertiary/aromatic N) is 4. The quantitative estimate of drug-likeness (QED) is 0.115. The molecule has 1 fully saturated rings. The van der Waals surface area contributed by atoms with E-state index in [1.165, 1.54) is 0 Å². The lowest BCUT2D eigenvalue weighted by atomic mass is 9.96. The summed E-state index contributed by atoms with van der Waals surface area (Å²) in [7, 11) is 2.01. The lowest BCUT2D eigenvalue weighted by molar-refractivity contribution is 0.00973. The normalized spacial score (nSPS) is 17.2. The van der Waals surface area contributed by atoms with Crippen LogP contribution in [0.5, 0.6) is 5.75 Å². The maximum Gasteiger partial charge on any atom is 0.355 e. The second-order valence-corrected chi connectivity index (χ2v) is 13.1. The van der Waals surface area contributed by atoms with Gasteiger partial charge in [-0.3, -0.25) is 9.58 Å². The van der Waals surface area contributed by atoms with Crippen LogP contribution in [0.1, 0.15) is 66.2 Å². The molecule has 0 amide bonds. The van der Waals surface area contributed by atoms with Crippen LogP contribution in [-0.4, -0.2) is 77.9 Å². The molecular weight excluding hydrogens is 616 g/mol. The zero-order chi connectivity index (χ0) is 33.7. The highest BCUT2D eigenvalue weighted by molar-refractivity contribution is 6.05. The Bertz CT molecular complexity index is 1920. The van der Waals surface area contributed by atoms with Crippen molar-refractivity contribution in [2.45, 2.75) is 58.6 Å². The van der Waals surface area contributed by atoms with Crippen LogP contribution < -0.4 is 4.74 Å². The minimum Gasteiger partial charge on any atom is -0.493 e. The molecule has 0 radical (unpaired) electrons. The number of fused-ring (bicyclic) bond motifs is 3. The van der Waals surface area contributed by atoms with Crippen molar-refractivity contribution in [3.05, 3.63) is 83.3 Å². The van der Waals surface area contributed by atoms with Gasteiger partial charge in [-0.2, -0.15) is 5.10 Å². The van der Waals surface area contributed by atoms with Gasteiger partial charge in [0.15, 0.2) is 0 Å². The van der Waals surface area contributed by atoms with Gasteiger partial charge in [-0.1, -0.05) is 54.6 Å². The Kier molecular flexibility index (Phi) is 10.3. The van der Waals surface area contributed by atoms with Crippen LogP contribution in [-0.2, 0) is 34.2 Å². The van der Waals surface area contributed by atoms with Crippen LogP contribution in [0.15, 0.2) is 60.7 Å². The standard InChI is InChI=1S/C40H48N4O5/c1-4-47-40(45)39-32(17-11-25-48-34-18-9-13-29-12-5-6-14-30(29)34)31-15-10-16-33-36-28(2)42(3)41-37(36)35(19-21-43-22-26-46-27-23-43)49-24-8-7-20-44(39)38(31)33/h5-6,9-10,12-16,18,35H,4,7-8,11,17,19-27H2,1-3H3. The molecule has 3 aromatic carbocycles. The first-order chi connectivity index (χ1) is 24.0. The summed E-state index contributed by atoms with van der Waals surface area (Å²) in [6.45, 7) is 10.6. The zero-order valence-electron chi connectivity index (χ0n) is 29.1. The largest absolute Gasteiger partial charge is 0.493 e. The van der Waals surface area contributed by atoms with Crippen molar-refractivity contribution in [2.24, 2.45) is 7.05 Å². The maximum atomic E-state index is 13.8. The van der Waals surface area contributed by atoms with Crippen molar-refractivity contribution in [1.29, 1.82) is 0 Å². The Morgan fingerprint density at radius 2 is 1.76 bits per heavy atom. The van der Waals surface area contributed by atoms with E-state index in [0.717, 1.165) is 114 Å². The molecule has 7 rings (SSSR count). The Labute approximate surface area is 288 Å². The van der Waals surface area contributed by atoms with Gasteiger partial charge in [-0.25, -0.2) is 4.79 Å². The van der Waals surface area contributed by atoms with Crippen LogP contribution in [0.3, 0.4) is 0 Å². The average Bonchev–Trinajstić information content (AvgIpc) is 3.60. The van der Waals surface area contributed by atoms with Crippen molar-refractivity contribution < 1.29 is 23.7 Å². The van der Waals surface area contributed by atoms with Gasteiger partial charge in [0.05, 0.1) is 37.6 Å². The number of benzene rings is 3. The number of morpholine rings is 1. The molecule has 9 heteroatoms. The number of aryl methyl sites for hydroxylation is 3. The Balaban J connectivity index is 1.27. The second-order valence-electron chi connectivity index (χ2n) is 13.1. The van der Waals surface area contributed by atoms with E-state index in [9.17, 15) is 4.79 Å². The summed E-state index contributed by atoms with van der Waals surface area (Å²) in [5.41, 5.74) is 6.99. The van der Waals surface area contributed by atoms with Crippen molar-refractivity contribution in [3.63, 3.8) is 0 Å². The highest BCUT2D eigenvalue weighted by Gasteiger charge is 2.30. The van der Waals surface area contributed by atoms with E-state index >= 15 is 0 Å². The third-order valence-electron chi connectivity index (χ3n) is 10.1. The third-order valence-corrected chi connectivity index (χ3v) is 10.1. The molecule has 0 spiro atoms. The summed E-state index contributed by atoms with van der Waals surface area (Å²) in [6, 6.07) is 20.9. The molecule has 2 aliphatic rings. The van der Waals surface area contributed by atoms with Crippen LogP contribution >= 0.6 is 0 Å². The van der Waals surface area contributed by atoms with Gasteiger partial charge in [0, 0.05) is 67.4 Å². The minimum absolute atomic E-state index is 0.135. The fourth-order valence-electron chi connectivity index (χ4n) is 7.56. The molecule has 258 valence electrons. The van der Waals surface area contributed by atoms with Crippen LogP contribution in [0, 0.1) is 6.92 Å². The van der Waals surface area contributed by atoms with Crippen molar-refractivity contribution in [2.75, 3.05) is 52.7 Å². The zero-order valence-corrected chi connectivity index (χ0v) is 29.1. The molecule has 5 aromatic rings. The fraction of sp³-hybridized carbons (Fsp3) is 0.450. The first-order valence-electron chi connectivity index (χ1n) is 17.9.